The molecule has 0 aliphatic heterocycles. The third kappa shape index (κ3) is 3.05. The van der Waals surface area contributed by atoms with Crippen molar-refractivity contribution in [2.45, 2.75) is 32.7 Å². The monoisotopic (exact) mass is 281 g/mol. The Labute approximate surface area is 124 Å². The van der Waals surface area contributed by atoms with Gasteiger partial charge in [0.05, 0.1) is 12.0 Å². The predicted octanol–water partition coefficient (Wildman–Crippen LogP) is 3.96. The molecule has 0 aliphatic carbocycles. The van der Waals surface area contributed by atoms with Crippen LogP contribution in [0.1, 0.15) is 24.8 Å². The van der Waals surface area contributed by atoms with Crippen LogP contribution in [-0.2, 0) is 6.42 Å². The predicted molar refractivity (Wildman–Crippen MR) is 84.4 cm³/mol. The molecule has 0 aliphatic rings. The van der Waals surface area contributed by atoms with Gasteiger partial charge >= 0.3 is 0 Å². The summed E-state index contributed by atoms with van der Waals surface area (Å²) in [5, 5.41) is 14.3. The first-order valence-electron chi connectivity index (χ1n) is 7.25. The summed E-state index contributed by atoms with van der Waals surface area (Å²) in [4.78, 5) is 0. The molecule has 3 aromatic rings. The molecule has 0 fully saturated rings. The van der Waals surface area contributed by atoms with Crippen molar-refractivity contribution in [2.75, 3.05) is 5.32 Å². The highest BCUT2D eigenvalue weighted by molar-refractivity contribution is 5.92. The molecular formula is C17H19N3O. The summed E-state index contributed by atoms with van der Waals surface area (Å²) >= 11 is 0. The van der Waals surface area contributed by atoms with Crippen LogP contribution in [0.15, 0.2) is 47.1 Å². The quantitative estimate of drug-likeness (QED) is 0.769. The molecule has 0 amide bonds. The molecule has 1 unspecified atom stereocenters. The summed E-state index contributed by atoms with van der Waals surface area (Å²) in [6.45, 7) is 4.14. The molecule has 4 nitrogen and oxygen atoms in total. The summed E-state index contributed by atoms with van der Waals surface area (Å²) in [6, 6.07) is 12.5. The average molecular weight is 281 g/mol. The van der Waals surface area contributed by atoms with Crippen molar-refractivity contribution in [3.8, 4) is 0 Å². The Kier molecular flexibility index (Phi) is 3.86. The van der Waals surface area contributed by atoms with E-state index in [1.807, 2.05) is 31.2 Å². The lowest BCUT2D eigenvalue weighted by Crippen LogP contribution is -2.17. The normalized spacial score (nSPS) is 12.5. The smallest absolute Gasteiger partial charge is 0.156 e. The van der Waals surface area contributed by atoms with Crippen LogP contribution in [-0.4, -0.2) is 16.2 Å². The Bertz CT molecular complexity index is 722. The van der Waals surface area contributed by atoms with Gasteiger partial charge in [-0.3, -0.25) is 0 Å². The average Bonchev–Trinajstić information content (AvgIpc) is 3.02. The molecule has 21 heavy (non-hydrogen) atoms. The van der Waals surface area contributed by atoms with Gasteiger partial charge in [0.2, 0.25) is 0 Å². The highest BCUT2D eigenvalue weighted by Gasteiger charge is 2.09. The molecule has 4 heteroatoms. The van der Waals surface area contributed by atoms with E-state index < -0.39 is 0 Å². The summed E-state index contributed by atoms with van der Waals surface area (Å²) in [7, 11) is 0. The number of aryl methyl sites for hydroxylation is 2. The highest BCUT2D eigenvalue weighted by atomic mass is 16.3. The van der Waals surface area contributed by atoms with E-state index in [-0.39, 0.29) is 0 Å². The lowest BCUT2D eigenvalue weighted by atomic mass is 10.1. The minimum Gasteiger partial charge on any atom is -0.469 e. The molecule has 108 valence electrons. The number of benzene rings is 1. The van der Waals surface area contributed by atoms with Gasteiger partial charge in [0, 0.05) is 23.2 Å². The molecule has 3 rings (SSSR count). The van der Waals surface area contributed by atoms with E-state index in [0.717, 1.165) is 40.9 Å². The van der Waals surface area contributed by atoms with Gasteiger partial charge < -0.3 is 9.73 Å². The number of rotatable bonds is 5. The number of nitrogens with zero attached hydrogens (tertiary/aromatic N) is 2. The van der Waals surface area contributed by atoms with Crippen LogP contribution < -0.4 is 5.32 Å². The molecule has 0 radical (unpaired) electrons. The molecule has 1 atom stereocenters. The third-order valence-corrected chi connectivity index (χ3v) is 3.66. The Morgan fingerprint density at radius 1 is 1.10 bits per heavy atom. The second kappa shape index (κ2) is 5.95. The molecule has 0 saturated carbocycles. The molecule has 2 heterocycles. The molecule has 0 bridgehead atoms. The van der Waals surface area contributed by atoms with Crippen molar-refractivity contribution in [3.05, 3.63) is 54.1 Å². The zero-order valence-electron chi connectivity index (χ0n) is 12.3. The lowest BCUT2D eigenvalue weighted by Gasteiger charge is -2.15. The summed E-state index contributed by atoms with van der Waals surface area (Å²) < 4.78 is 5.36. The van der Waals surface area contributed by atoms with Gasteiger partial charge in [-0.25, -0.2) is 0 Å². The van der Waals surface area contributed by atoms with E-state index in [2.05, 4.69) is 34.6 Å². The number of anilines is 1. The molecule has 0 spiro atoms. The van der Waals surface area contributed by atoms with Crippen molar-refractivity contribution in [1.82, 2.24) is 10.2 Å². The molecule has 1 aromatic carbocycles. The van der Waals surface area contributed by atoms with E-state index >= 15 is 0 Å². The standard InChI is InChI=1S/C17H19N3O/c1-12(9-10-14-6-5-11-21-14)18-17-16-8-4-3-7-15(16)13(2)19-20-17/h3-8,11-12H,9-10H2,1-2H3,(H,18,20). The van der Waals surface area contributed by atoms with Crippen molar-refractivity contribution < 1.29 is 4.42 Å². The number of furan rings is 1. The molecule has 2 aromatic heterocycles. The topological polar surface area (TPSA) is 51.0 Å². The summed E-state index contributed by atoms with van der Waals surface area (Å²) in [5.74, 6) is 1.87. The highest BCUT2D eigenvalue weighted by Crippen LogP contribution is 2.23. The lowest BCUT2D eigenvalue weighted by molar-refractivity contribution is 0.495. The van der Waals surface area contributed by atoms with Crippen molar-refractivity contribution in [2.24, 2.45) is 0 Å². The van der Waals surface area contributed by atoms with Crippen LogP contribution in [0.25, 0.3) is 10.8 Å². The zero-order valence-corrected chi connectivity index (χ0v) is 12.3. The van der Waals surface area contributed by atoms with Gasteiger partial charge in [-0.15, -0.1) is 5.10 Å². The van der Waals surface area contributed by atoms with Gasteiger partial charge in [-0.2, -0.15) is 5.10 Å². The Hall–Kier alpha value is -2.36. The molecular weight excluding hydrogens is 262 g/mol. The number of fused-ring (bicyclic) bond motifs is 1. The first-order valence-corrected chi connectivity index (χ1v) is 7.25. The van der Waals surface area contributed by atoms with Crippen LogP contribution in [0.5, 0.6) is 0 Å². The number of aromatic nitrogens is 2. The first kappa shape index (κ1) is 13.6. The maximum atomic E-state index is 5.36. The van der Waals surface area contributed by atoms with E-state index in [1.54, 1.807) is 6.26 Å². The van der Waals surface area contributed by atoms with E-state index in [9.17, 15) is 0 Å². The number of nitrogens with one attached hydrogen (secondary N) is 1. The van der Waals surface area contributed by atoms with E-state index in [4.69, 9.17) is 4.42 Å². The van der Waals surface area contributed by atoms with E-state index in [1.165, 1.54) is 0 Å². The van der Waals surface area contributed by atoms with Crippen LogP contribution in [0, 0.1) is 6.92 Å². The zero-order chi connectivity index (χ0) is 14.7. The fourth-order valence-electron chi connectivity index (χ4n) is 2.46. The van der Waals surface area contributed by atoms with Gasteiger partial charge in [-0.05, 0) is 32.4 Å². The largest absolute Gasteiger partial charge is 0.469 e. The van der Waals surface area contributed by atoms with Gasteiger partial charge in [0.1, 0.15) is 5.76 Å². The first-order chi connectivity index (χ1) is 10.2. The Balaban J connectivity index is 1.74. The number of hydrogen-bond acceptors (Lipinski definition) is 4. The van der Waals surface area contributed by atoms with Crippen molar-refractivity contribution in [1.29, 1.82) is 0 Å². The summed E-state index contributed by atoms with van der Waals surface area (Å²) in [6.07, 6.45) is 3.61. The Morgan fingerprint density at radius 3 is 2.67 bits per heavy atom. The van der Waals surface area contributed by atoms with Crippen molar-refractivity contribution in [3.63, 3.8) is 0 Å². The second-order valence-corrected chi connectivity index (χ2v) is 5.34. The minimum atomic E-state index is 0.301. The Morgan fingerprint density at radius 2 is 1.90 bits per heavy atom. The van der Waals surface area contributed by atoms with Crippen LogP contribution in [0.4, 0.5) is 5.82 Å². The molecule has 1 N–H and O–H groups in total. The fraction of sp³-hybridized carbons (Fsp3) is 0.294. The SMILES string of the molecule is Cc1nnc(NC(C)CCc2ccco2)c2ccccc12. The maximum absolute atomic E-state index is 5.36. The van der Waals surface area contributed by atoms with Crippen LogP contribution >= 0.6 is 0 Å². The minimum absolute atomic E-state index is 0.301. The third-order valence-electron chi connectivity index (χ3n) is 3.66. The number of hydrogen-bond donors (Lipinski definition) is 1. The van der Waals surface area contributed by atoms with Crippen LogP contribution in [0.2, 0.25) is 0 Å². The maximum Gasteiger partial charge on any atom is 0.156 e. The van der Waals surface area contributed by atoms with Gasteiger partial charge in [0.15, 0.2) is 5.82 Å². The summed E-state index contributed by atoms with van der Waals surface area (Å²) in [5.41, 5.74) is 0.958. The van der Waals surface area contributed by atoms with Gasteiger partial charge in [-0.1, -0.05) is 24.3 Å². The van der Waals surface area contributed by atoms with Crippen molar-refractivity contribution >= 4 is 16.6 Å². The second-order valence-electron chi connectivity index (χ2n) is 5.34. The molecule has 0 saturated heterocycles. The fourth-order valence-corrected chi connectivity index (χ4v) is 2.46. The van der Waals surface area contributed by atoms with Crippen LogP contribution in [0.3, 0.4) is 0 Å². The van der Waals surface area contributed by atoms with Gasteiger partial charge in [0.25, 0.3) is 0 Å². The van der Waals surface area contributed by atoms with E-state index in [0.29, 0.717) is 6.04 Å².